The van der Waals surface area contributed by atoms with E-state index in [2.05, 4.69) is 35.1 Å². The third-order valence-electron chi connectivity index (χ3n) is 6.81. The van der Waals surface area contributed by atoms with Crippen LogP contribution in [0.25, 0.3) is 31.4 Å². The van der Waals surface area contributed by atoms with Crippen LogP contribution in [-0.4, -0.2) is 70.4 Å². The van der Waals surface area contributed by atoms with E-state index in [4.69, 9.17) is 31.4 Å². The van der Waals surface area contributed by atoms with Gasteiger partial charge in [-0.2, -0.15) is 0 Å². The number of fused-ring (bicyclic) bond motifs is 1. The Morgan fingerprint density at radius 1 is 1.10 bits per heavy atom. The highest BCUT2D eigenvalue weighted by molar-refractivity contribution is 7.25. The summed E-state index contributed by atoms with van der Waals surface area (Å²) in [7, 11) is 0. The quantitative estimate of drug-likeness (QED) is 0.213. The number of piperazine rings is 1. The lowest BCUT2D eigenvalue weighted by atomic mass is 9.93. The van der Waals surface area contributed by atoms with Gasteiger partial charge < -0.3 is 14.7 Å². The first-order valence-corrected chi connectivity index (χ1v) is 16.4. The maximum atomic E-state index is 12.5. The average Bonchev–Trinajstić information content (AvgIpc) is 3.57. The molecule has 4 aromatic rings. The summed E-state index contributed by atoms with van der Waals surface area (Å²) in [6.07, 6.45) is 0.213. The van der Waals surface area contributed by atoms with E-state index in [0.717, 1.165) is 74.5 Å². The first kappa shape index (κ1) is 32.4. The number of aromatic nitrogens is 2. The Bertz CT molecular complexity index is 1490. The Kier molecular flexibility index (Phi) is 10.6. The van der Waals surface area contributed by atoms with Crippen LogP contribution in [0.3, 0.4) is 0 Å². The summed E-state index contributed by atoms with van der Waals surface area (Å²) in [5.74, 6) is 0.798. The molecule has 2 aromatic carbocycles. The van der Waals surface area contributed by atoms with Crippen LogP contribution >= 0.6 is 34.3 Å². The molecule has 42 heavy (non-hydrogen) atoms. The van der Waals surface area contributed by atoms with Gasteiger partial charge in [-0.15, -0.1) is 22.7 Å². The lowest BCUT2D eigenvalue weighted by Crippen LogP contribution is -2.49. The number of carbonyl (C=O) groups is 1. The molecule has 7 nitrogen and oxygen atoms in total. The van der Waals surface area contributed by atoms with Gasteiger partial charge in [0.2, 0.25) is 0 Å². The van der Waals surface area contributed by atoms with Gasteiger partial charge in [0.15, 0.2) is 10.0 Å². The van der Waals surface area contributed by atoms with Gasteiger partial charge in [-0.3, -0.25) is 9.69 Å². The number of thiazole rings is 2. The van der Waals surface area contributed by atoms with Crippen molar-refractivity contribution in [1.29, 1.82) is 0 Å². The normalized spacial score (nSPS) is 14.3. The Hall–Kier alpha value is -2.56. The molecule has 0 aliphatic carbocycles. The Morgan fingerprint density at radius 2 is 1.74 bits per heavy atom. The van der Waals surface area contributed by atoms with Crippen LogP contribution < -0.4 is 4.90 Å². The Labute approximate surface area is 262 Å². The molecule has 0 unspecified atom stereocenters. The molecule has 0 radical (unpaired) electrons. The number of carbonyl (C=O) groups excluding carboxylic acids is 1. The SMILES string of the molecule is CC(C)(C)O.CCOC(=O)Cc1c(C)cc2nc(-c3nc(N4CCN(C(C)C)CC4)cs3)sc2c1-c1ccc(Cl)cc1. The number of anilines is 1. The lowest BCUT2D eigenvalue weighted by molar-refractivity contribution is -0.142. The molecule has 0 spiro atoms. The minimum absolute atomic E-state index is 0.213. The number of rotatable bonds is 7. The molecule has 1 fully saturated rings. The smallest absolute Gasteiger partial charge is 0.310 e. The molecule has 2 aromatic heterocycles. The molecule has 1 aliphatic rings. The lowest BCUT2D eigenvalue weighted by Gasteiger charge is -2.37. The van der Waals surface area contributed by atoms with Crippen LogP contribution in [0.2, 0.25) is 5.02 Å². The van der Waals surface area contributed by atoms with Crippen molar-refractivity contribution in [1.82, 2.24) is 14.9 Å². The zero-order chi connectivity index (χ0) is 30.6. The van der Waals surface area contributed by atoms with Crippen LogP contribution in [-0.2, 0) is 16.0 Å². The zero-order valence-corrected chi connectivity index (χ0v) is 27.9. The molecule has 10 heteroatoms. The van der Waals surface area contributed by atoms with Crippen molar-refractivity contribution in [3.63, 3.8) is 0 Å². The standard InChI is InChI=1S/C28H31ClN4O2S2.C4H10O/c1-5-35-24(34)15-21-18(4)14-22-26(25(21)19-6-8-20(29)9-7-19)37-28(30-22)27-31-23(16-36-27)33-12-10-32(11-13-33)17(2)3;1-4(2,3)5/h6-9,14,16-17H,5,10-13,15H2,1-4H3;5H,1-3H3. The van der Waals surface area contributed by atoms with Crippen LogP contribution in [0.5, 0.6) is 0 Å². The van der Waals surface area contributed by atoms with Gasteiger partial charge in [0.05, 0.1) is 28.8 Å². The van der Waals surface area contributed by atoms with Crippen LogP contribution in [0.1, 0.15) is 52.7 Å². The third kappa shape index (κ3) is 8.29. The van der Waals surface area contributed by atoms with Gasteiger partial charge in [0, 0.05) is 48.2 Å². The van der Waals surface area contributed by atoms with Gasteiger partial charge in [-0.25, -0.2) is 9.97 Å². The molecule has 1 saturated heterocycles. The molecule has 5 rings (SSSR count). The minimum atomic E-state index is -0.500. The van der Waals surface area contributed by atoms with E-state index in [0.29, 0.717) is 17.7 Å². The van der Waals surface area contributed by atoms with Crippen molar-refractivity contribution in [2.75, 3.05) is 37.7 Å². The predicted octanol–water partition coefficient (Wildman–Crippen LogP) is 7.46. The van der Waals surface area contributed by atoms with E-state index in [1.165, 1.54) is 0 Å². The van der Waals surface area contributed by atoms with Crippen LogP contribution in [0.15, 0.2) is 35.7 Å². The van der Waals surface area contributed by atoms with Crippen molar-refractivity contribution in [2.45, 2.75) is 66.5 Å². The van der Waals surface area contributed by atoms with Crippen molar-refractivity contribution in [2.24, 2.45) is 0 Å². The highest BCUT2D eigenvalue weighted by atomic mass is 35.5. The van der Waals surface area contributed by atoms with Crippen molar-refractivity contribution >= 4 is 56.3 Å². The molecule has 0 bridgehead atoms. The molecule has 0 atom stereocenters. The van der Waals surface area contributed by atoms with Gasteiger partial charge in [-0.1, -0.05) is 23.7 Å². The second-order valence-electron chi connectivity index (χ2n) is 11.7. The number of esters is 1. The third-order valence-corrected chi connectivity index (χ3v) is 9.13. The molecule has 0 amide bonds. The highest BCUT2D eigenvalue weighted by Crippen LogP contribution is 2.42. The fourth-order valence-corrected chi connectivity index (χ4v) is 6.94. The molecule has 226 valence electrons. The Morgan fingerprint density at radius 3 is 2.33 bits per heavy atom. The molecule has 3 heterocycles. The van der Waals surface area contributed by atoms with Crippen molar-refractivity contribution in [3.8, 4) is 21.1 Å². The summed E-state index contributed by atoms with van der Waals surface area (Å²) in [6.45, 7) is 18.0. The fraction of sp³-hybridized carbons (Fsp3) is 0.469. The van der Waals surface area contributed by atoms with Gasteiger partial charge in [0.1, 0.15) is 5.82 Å². The van der Waals surface area contributed by atoms with Crippen molar-refractivity contribution < 1.29 is 14.6 Å². The summed E-state index contributed by atoms with van der Waals surface area (Å²) in [5, 5.41) is 13.2. The summed E-state index contributed by atoms with van der Waals surface area (Å²) in [6, 6.07) is 10.4. The first-order chi connectivity index (χ1) is 19.8. The molecule has 1 aliphatic heterocycles. The number of benzene rings is 2. The number of nitrogens with zero attached hydrogens (tertiary/aromatic N) is 4. The van der Waals surface area contributed by atoms with E-state index in [9.17, 15) is 4.79 Å². The number of ether oxygens (including phenoxy) is 1. The number of halogens is 1. The zero-order valence-electron chi connectivity index (χ0n) is 25.5. The number of hydrogen-bond acceptors (Lipinski definition) is 9. The van der Waals surface area contributed by atoms with Crippen LogP contribution in [0.4, 0.5) is 5.82 Å². The minimum Gasteiger partial charge on any atom is -0.466 e. The summed E-state index contributed by atoms with van der Waals surface area (Å²) < 4.78 is 6.33. The largest absolute Gasteiger partial charge is 0.466 e. The van der Waals surface area contributed by atoms with Gasteiger partial charge in [0.25, 0.3) is 0 Å². The second-order valence-corrected chi connectivity index (χ2v) is 14.0. The topological polar surface area (TPSA) is 78.8 Å². The fourth-order valence-electron chi connectivity index (χ4n) is 4.81. The molecule has 1 N–H and O–H groups in total. The molecular formula is C32H41ClN4O3S2. The summed E-state index contributed by atoms with van der Waals surface area (Å²) >= 11 is 9.46. The maximum absolute atomic E-state index is 12.5. The van der Waals surface area contributed by atoms with E-state index >= 15 is 0 Å². The average molecular weight is 629 g/mol. The number of aliphatic hydroxyl groups is 1. The van der Waals surface area contributed by atoms with E-state index in [-0.39, 0.29) is 12.4 Å². The first-order valence-electron chi connectivity index (χ1n) is 14.4. The number of hydrogen-bond donors (Lipinski definition) is 1. The van der Waals surface area contributed by atoms with Gasteiger partial charge >= 0.3 is 5.97 Å². The monoisotopic (exact) mass is 628 g/mol. The maximum Gasteiger partial charge on any atom is 0.310 e. The molecular weight excluding hydrogens is 588 g/mol. The second kappa shape index (κ2) is 13.8. The van der Waals surface area contributed by atoms with Crippen LogP contribution in [0, 0.1) is 6.92 Å². The summed E-state index contributed by atoms with van der Waals surface area (Å²) in [5.41, 5.74) is 4.43. The van der Waals surface area contributed by atoms with E-state index in [1.807, 2.05) is 38.1 Å². The Balaban J connectivity index is 0.000000748. The highest BCUT2D eigenvalue weighted by Gasteiger charge is 2.23. The van der Waals surface area contributed by atoms with E-state index in [1.54, 1.807) is 43.4 Å². The predicted molar refractivity (Wildman–Crippen MR) is 177 cm³/mol. The van der Waals surface area contributed by atoms with Crippen molar-refractivity contribution in [3.05, 3.63) is 51.9 Å². The molecule has 0 saturated carbocycles. The number of aryl methyl sites for hydroxylation is 1. The van der Waals surface area contributed by atoms with Gasteiger partial charge in [-0.05, 0) is 83.4 Å². The van der Waals surface area contributed by atoms with E-state index < -0.39 is 5.60 Å². The summed E-state index contributed by atoms with van der Waals surface area (Å²) in [4.78, 5) is 27.4.